The van der Waals surface area contributed by atoms with Crippen molar-refractivity contribution in [3.63, 3.8) is 0 Å². The minimum atomic E-state index is -0.893. The van der Waals surface area contributed by atoms with Gasteiger partial charge in [0.1, 0.15) is 11.7 Å². The van der Waals surface area contributed by atoms with Crippen LogP contribution in [-0.4, -0.2) is 28.7 Å². The first-order valence-electron chi connectivity index (χ1n) is 10.5. The van der Waals surface area contributed by atoms with E-state index < -0.39 is 11.5 Å². The van der Waals surface area contributed by atoms with Crippen molar-refractivity contribution in [1.82, 2.24) is 0 Å². The monoisotopic (exact) mass is 370 g/mol. The van der Waals surface area contributed by atoms with Crippen LogP contribution in [0.2, 0.25) is 0 Å². The molecule has 27 heavy (non-hydrogen) atoms. The van der Waals surface area contributed by atoms with E-state index in [4.69, 9.17) is 0 Å². The normalized spacial score (nSPS) is 44.3. The van der Waals surface area contributed by atoms with E-state index in [-0.39, 0.29) is 28.8 Å². The molecule has 4 nitrogen and oxygen atoms in total. The third-order valence-corrected chi connectivity index (χ3v) is 8.82. The first-order valence-corrected chi connectivity index (χ1v) is 10.5. The number of ketones is 2. The Kier molecular flexibility index (Phi) is 4.56. The molecule has 0 aromatic heterocycles. The predicted octanol–water partition coefficient (Wildman–Crippen LogP) is 3.45. The summed E-state index contributed by atoms with van der Waals surface area (Å²) in [6.45, 7) is 3.96. The zero-order valence-electron chi connectivity index (χ0n) is 16.4. The lowest BCUT2D eigenvalue weighted by Gasteiger charge is -2.59. The maximum atomic E-state index is 12.4. The maximum absolute atomic E-state index is 12.4. The average Bonchev–Trinajstić information content (AvgIpc) is 3.03. The lowest BCUT2D eigenvalue weighted by molar-refractivity contribution is -0.139. The molecule has 1 unspecified atom stereocenters. The van der Waals surface area contributed by atoms with Crippen LogP contribution in [0.5, 0.6) is 0 Å². The van der Waals surface area contributed by atoms with Gasteiger partial charge in [-0.25, -0.2) is 4.79 Å². The number of aliphatic hydroxyl groups excluding tert-OH is 1. The van der Waals surface area contributed by atoms with Gasteiger partial charge in [0.25, 0.3) is 0 Å². The summed E-state index contributed by atoms with van der Waals surface area (Å²) in [5.74, 6) is 3.23. The van der Waals surface area contributed by atoms with Gasteiger partial charge in [0.15, 0.2) is 5.78 Å². The lowest BCUT2D eigenvalue weighted by atomic mass is 9.45. The van der Waals surface area contributed by atoms with Gasteiger partial charge in [-0.1, -0.05) is 12.5 Å². The summed E-state index contributed by atoms with van der Waals surface area (Å²) in [4.78, 5) is 35.4. The average molecular weight is 370 g/mol. The molecule has 0 bridgehead atoms. The van der Waals surface area contributed by atoms with Crippen molar-refractivity contribution in [2.45, 2.75) is 71.3 Å². The summed E-state index contributed by atoms with van der Waals surface area (Å²) >= 11 is 0. The van der Waals surface area contributed by atoms with Crippen LogP contribution in [0.15, 0.2) is 17.7 Å². The lowest BCUT2D eigenvalue weighted by Crippen LogP contribution is -2.55. The number of hydrogen-bond acceptors (Lipinski definition) is 4. The molecule has 4 aliphatic rings. The molecule has 0 radical (unpaired) electrons. The van der Waals surface area contributed by atoms with Gasteiger partial charge >= 0.3 is 0 Å². The second kappa shape index (κ2) is 6.53. The zero-order chi connectivity index (χ0) is 19.4. The summed E-state index contributed by atoms with van der Waals surface area (Å²) in [5, 5.41) is 10.9. The second-order valence-electron chi connectivity index (χ2n) is 9.59. The van der Waals surface area contributed by atoms with Crippen LogP contribution in [0.1, 0.15) is 65.2 Å². The van der Waals surface area contributed by atoms with Crippen LogP contribution in [0, 0.1) is 34.5 Å². The van der Waals surface area contributed by atoms with Crippen LogP contribution < -0.4 is 0 Å². The van der Waals surface area contributed by atoms with Crippen molar-refractivity contribution in [2.75, 3.05) is 0 Å². The Morgan fingerprint density at radius 3 is 2.70 bits per heavy atom. The van der Waals surface area contributed by atoms with Gasteiger partial charge in [-0.2, -0.15) is 0 Å². The molecule has 0 aromatic rings. The topological polar surface area (TPSA) is 71.4 Å². The molecule has 7 atom stereocenters. The standard InChI is InChI=1S/C23H30O4/c1-14(25)18-5-6-20-17-4-3-15-13-16(26)7-10-22(15,2)19(17)8-11-23(18,20)21(27)9-12-24/h9,13,17-21,27H,3-8,10-11H2,1-2H3/t17-,18-,19+,20+,21?,22+,23+/m1/s1. The van der Waals surface area contributed by atoms with E-state index in [2.05, 4.69) is 6.92 Å². The van der Waals surface area contributed by atoms with E-state index in [1.165, 1.54) is 11.6 Å². The second-order valence-corrected chi connectivity index (χ2v) is 9.59. The molecule has 4 heteroatoms. The van der Waals surface area contributed by atoms with Gasteiger partial charge < -0.3 is 5.11 Å². The Hall–Kier alpha value is -1.51. The highest BCUT2D eigenvalue weighted by Gasteiger charge is 2.63. The Morgan fingerprint density at radius 1 is 1.22 bits per heavy atom. The van der Waals surface area contributed by atoms with Gasteiger partial charge in [-0.15, -0.1) is 0 Å². The molecule has 0 saturated heterocycles. The minimum absolute atomic E-state index is 0.0722. The molecule has 1 N–H and O–H groups in total. The fourth-order valence-electron chi connectivity index (χ4n) is 7.66. The van der Waals surface area contributed by atoms with Crippen LogP contribution >= 0.6 is 0 Å². The highest BCUT2D eigenvalue weighted by atomic mass is 16.3. The van der Waals surface area contributed by atoms with Crippen LogP contribution in [0.4, 0.5) is 0 Å². The first kappa shape index (κ1) is 18.8. The summed E-state index contributed by atoms with van der Waals surface area (Å²) in [5.41, 5.74) is 0.886. The highest BCUT2D eigenvalue weighted by molar-refractivity contribution is 5.91. The number of carbonyl (C=O) groups excluding carboxylic acids is 3. The largest absolute Gasteiger partial charge is 0.388 e. The molecule has 3 saturated carbocycles. The zero-order valence-corrected chi connectivity index (χ0v) is 16.4. The van der Waals surface area contributed by atoms with Gasteiger partial charge in [0, 0.05) is 23.8 Å². The number of carbonyl (C=O) groups is 2. The molecule has 3 fully saturated rings. The number of fused-ring (bicyclic) bond motifs is 5. The summed E-state index contributed by atoms with van der Waals surface area (Å²) in [6, 6.07) is 0. The number of rotatable bonds is 3. The van der Waals surface area contributed by atoms with Gasteiger partial charge in [-0.3, -0.25) is 9.59 Å². The molecule has 146 valence electrons. The van der Waals surface area contributed by atoms with Crippen molar-refractivity contribution < 1.29 is 19.5 Å². The van der Waals surface area contributed by atoms with Crippen LogP contribution in [0.3, 0.4) is 0 Å². The molecular formula is C23H30O4. The van der Waals surface area contributed by atoms with Crippen LogP contribution in [-0.2, 0) is 14.4 Å². The van der Waals surface area contributed by atoms with Crippen molar-refractivity contribution >= 4 is 17.5 Å². The van der Waals surface area contributed by atoms with Crippen molar-refractivity contribution in [3.8, 4) is 0 Å². The van der Waals surface area contributed by atoms with Crippen molar-refractivity contribution in [2.24, 2.45) is 34.5 Å². The predicted molar refractivity (Wildman–Crippen MR) is 101 cm³/mol. The van der Waals surface area contributed by atoms with E-state index in [9.17, 15) is 19.5 Å². The molecule has 4 aliphatic carbocycles. The van der Waals surface area contributed by atoms with Crippen molar-refractivity contribution in [3.05, 3.63) is 17.7 Å². The molecule has 0 aromatic carbocycles. The number of aliphatic hydroxyl groups is 1. The first-order chi connectivity index (χ1) is 12.8. The Bertz CT molecular complexity index is 745. The van der Waals surface area contributed by atoms with Gasteiger partial charge in [0.2, 0.25) is 0 Å². The number of hydrogen-bond donors (Lipinski definition) is 1. The van der Waals surface area contributed by atoms with E-state index in [1.54, 1.807) is 12.9 Å². The minimum Gasteiger partial charge on any atom is -0.388 e. The molecule has 4 rings (SSSR count). The van der Waals surface area contributed by atoms with Crippen molar-refractivity contribution in [1.29, 1.82) is 0 Å². The SMILES string of the molecule is CC(=O)[C@H]1CC[C@H]2[C@@H]3CCC4=CC(=O)CC[C@]4(C)[C@H]3CC[C@]12C(O)C=C=O. The van der Waals surface area contributed by atoms with E-state index in [0.29, 0.717) is 18.3 Å². The maximum Gasteiger partial charge on any atom is 0.155 e. The Balaban J connectivity index is 1.74. The highest BCUT2D eigenvalue weighted by Crippen LogP contribution is 2.67. The van der Waals surface area contributed by atoms with Crippen LogP contribution in [0.25, 0.3) is 0 Å². The molecule has 0 heterocycles. The molecule has 0 amide bonds. The molecule has 0 aliphatic heterocycles. The summed E-state index contributed by atoms with van der Waals surface area (Å²) < 4.78 is 0. The third kappa shape index (κ3) is 2.57. The quantitative estimate of drug-likeness (QED) is 0.773. The van der Waals surface area contributed by atoms with E-state index in [0.717, 1.165) is 44.9 Å². The Morgan fingerprint density at radius 2 is 2.00 bits per heavy atom. The molecule has 0 spiro atoms. The fourth-order valence-corrected chi connectivity index (χ4v) is 7.66. The summed E-state index contributed by atoms with van der Waals surface area (Å²) in [6.07, 6.45) is 9.26. The number of Topliss-reactive ketones (excluding diaryl/α,β-unsaturated/α-hetero) is 1. The summed E-state index contributed by atoms with van der Waals surface area (Å²) in [7, 11) is 0. The van der Waals surface area contributed by atoms with Gasteiger partial charge in [-0.05, 0) is 81.1 Å². The third-order valence-electron chi connectivity index (χ3n) is 8.82. The number of allylic oxidation sites excluding steroid dienone is 1. The fraction of sp³-hybridized carbons (Fsp3) is 0.739. The van der Waals surface area contributed by atoms with E-state index in [1.807, 2.05) is 6.08 Å². The van der Waals surface area contributed by atoms with E-state index >= 15 is 0 Å². The molecular weight excluding hydrogens is 340 g/mol. The smallest absolute Gasteiger partial charge is 0.155 e. The Labute approximate surface area is 161 Å². The van der Waals surface area contributed by atoms with Gasteiger partial charge in [0.05, 0.1) is 6.10 Å².